The third kappa shape index (κ3) is 2.14. The van der Waals surface area contributed by atoms with E-state index < -0.39 is 17.5 Å². The third-order valence-corrected chi connectivity index (χ3v) is 3.40. The standard InChI is InChI=1S/C14H16N2O4/c1-9-8-14(13(18)19,15-16(9)2)11-6-4-10(5-7-11)12(17)20-3/h4-8,15H,1-3H3,(H,18,19). The first-order chi connectivity index (χ1) is 9.40. The van der Waals surface area contributed by atoms with Gasteiger partial charge in [0.25, 0.3) is 0 Å². The van der Waals surface area contributed by atoms with Gasteiger partial charge in [0.1, 0.15) is 0 Å². The van der Waals surface area contributed by atoms with Crippen LogP contribution >= 0.6 is 0 Å². The van der Waals surface area contributed by atoms with Gasteiger partial charge in [-0.1, -0.05) is 12.1 Å². The summed E-state index contributed by atoms with van der Waals surface area (Å²) in [7, 11) is 3.05. The Labute approximate surface area is 116 Å². The highest BCUT2D eigenvalue weighted by atomic mass is 16.5. The average molecular weight is 276 g/mol. The normalized spacial score (nSPS) is 21.6. The summed E-state index contributed by atoms with van der Waals surface area (Å²) < 4.78 is 4.62. The monoisotopic (exact) mass is 276 g/mol. The zero-order valence-electron chi connectivity index (χ0n) is 11.5. The number of nitrogens with zero attached hydrogens (tertiary/aromatic N) is 1. The van der Waals surface area contributed by atoms with Crippen molar-refractivity contribution >= 4 is 11.9 Å². The highest BCUT2D eigenvalue weighted by Crippen LogP contribution is 2.31. The maximum absolute atomic E-state index is 11.7. The highest BCUT2D eigenvalue weighted by molar-refractivity contribution is 5.90. The van der Waals surface area contributed by atoms with Crippen molar-refractivity contribution < 1.29 is 19.4 Å². The molecule has 6 heteroatoms. The lowest BCUT2D eigenvalue weighted by molar-refractivity contribution is -0.144. The van der Waals surface area contributed by atoms with E-state index in [1.165, 1.54) is 7.11 Å². The molecule has 0 aromatic heterocycles. The van der Waals surface area contributed by atoms with E-state index in [9.17, 15) is 14.7 Å². The number of nitrogens with one attached hydrogen (secondary N) is 1. The van der Waals surface area contributed by atoms with Crippen molar-refractivity contribution in [2.75, 3.05) is 14.2 Å². The number of carbonyl (C=O) groups excluding carboxylic acids is 1. The van der Waals surface area contributed by atoms with E-state index in [4.69, 9.17) is 0 Å². The van der Waals surface area contributed by atoms with Gasteiger partial charge >= 0.3 is 11.9 Å². The van der Waals surface area contributed by atoms with Gasteiger partial charge in [-0.3, -0.25) is 0 Å². The molecule has 0 spiro atoms. The molecule has 1 aliphatic heterocycles. The van der Waals surface area contributed by atoms with E-state index in [0.717, 1.165) is 5.70 Å². The van der Waals surface area contributed by atoms with Crippen LogP contribution in [0.15, 0.2) is 36.0 Å². The van der Waals surface area contributed by atoms with Gasteiger partial charge in [0.2, 0.25) is 0 Å². The Bertz CT molecular complexity index is 579. The molecule has 0 radical (unpaired) electrons. The predicted molar refractivity (Wildman–Crippen MR) is 71.8 cm³/mol. The molecule has 1 atom stereocenters. The number of hydrogen-bond acceptors (Lipinski definition) is 5. The molecule has 0 saturated carbocycles. The Kier molecular flexibility index (Phi) is 3.50. The van der Waals surface area contributed by atoms with Crippen LogP contribution in [0, 0.1) is 0 Å². The van der Waals surface area contributed by atoms with E-state index in [1.807, 2.05) is 6.92 Å². The molecule has 1 unspecified atom stereocenters. The molecule has 0 fully saturated rings. The van der Waals surface area contributed by atoms with E-state index in [2.05, 4.69) is 10.2 Å². The Morgan fingerprint density at radius 3 is 2.30 bits per heavy atom. The molecule has 0 saturated heterocycles. The number of allylic oxidation sites excluding steroid dienone is 1. The quantitative estimate of drug-likeness (QED) is 0.805. The topological polar surface area (TPSA) is 78.9 Å². The number of hydrogen-bond donors (Lipinski definition) is 2. The lowest BCUT2D eigenvalue weighted by atomic mass is 9.90. The van der Waals surface area contributed by atoms with Crippen molar-refractivity contribution in [2.24, 2.45) is 0 Å². The maximum Gasteiger partial charge on any atom is 0.337 e. The summed E-state index contributed by atoms with van der Waals surface area (Å²) in [5, 5.41) is 11.2. The fourth-order valence-corrected chi connectivity index (χ4v) is 2.16. The van der Waals surface area contributed by atoms with Crippen LogP contribution in [0.5, 0.6) is 0 Å². The summed E-state index contributed by atoms with van der Waals surface area (Å²) in [4.78, 5) is 23.1. The van der Waals surface area contributed by atoms with Crippen LogP contribution in [0.2, 0.25) is 0 Å². The number of esters is 1. The second kappa shape index (κ2) is 4.97. The maximum atomic E-state index is 11.7. The molecule has 0 bridgehead atoms. The van der Waals surface area contributed by atoms with Crippen molar-refractivity contribution in [1.29, 1.82) is 0 Å². The summed E-state index contributed by atoms with van der Waals surface area (Å²) in [6.45, 7) is 1.82. The number of rotatable bonds is 3. The molecule has 1 aromatic carbocycles. The molecule has 1 heterocycles. The Morgan fingerprint density at radius 1 is 1.30 bits per heavy atom. The van der Waals surface area contributed by atoms with Crippen LogP contribution in [0.25, 0.3) is 0 Å². The summed E-state index contributed by atoms with van der Waals surface area (Å²) in [5.74, 6) is -1.46. The molecular weight excluding hydrogens is 260 g/mol. The molecule has 0 aliphatic carbocycles. The number of hydrazine groups is 1. The number of carboxylic acid groups (broad SMARTS) is 1. The molecule has 0 amide bonds. The van der Waals surface area contributed by atoms with Crippen molar-refractivity contribution in [3.63, 3.8) is 0 Å². The van der Waals surface area contributed by atoms with Crippen molar-refractivity contribution in [3.8, 4) is 0 Å². The fourth-order valence-electron chi connectivity index (χ4n) is 2.16. The molecule has 2 rings (SSSR count). The van der Waals surface area contributed by atoms with Gasteiger partial charge in [-0.05, 0) is 30.7 Å². The minimum atomic E-state index is -1.31. The summed E-state index contributed by atoms with van der Waals surface area (Å²) in [6.07, 6.45) is 1.64. The van der Waals surface area contributed by atoms with Crippen LogP contribution in [0.1, 0.15) is 22.8 Å². The summed E-state index contributed by atoms with van der Waals surface area (Å²) in [6, 6.07) is 6.32. The van der Waals surface area contributed by atoms with Gasteiger partial charge in [-0.25, -0.2) is 15.0 Å². The zero-order chi connectivity index (χ0) is 14.9. The molecule has 2 N–H and O–H groups in total. The Hall–Kier alpha value is -2.34. The van der Waals surface area contributed by atoms with E-state index in [-0.39, 0.29) is 0 Å². The van der Waals surface area contributed by atoms with Crippen molar-refractivity contribution in [1.82, 2.24) is 10.4 Å². The number of ether oxygens (including phenoxy) is 1. The van der Waals surface area contributed by atoms with Gasteiger partial charge < -0.3 is 14.9 Å². The number of carboxylic acids is 1. The molecule has 106 valence electrons. The SMILES string of the molecule is COC(=O)c1ccc(C2(C(=O)O)C=C(C)N(C)N2)cc1. The summed E-state index contributed by atoms with van der Waals surface area (Å²) in [5.41, 5.74) is 3.34. The van der Waals surface area contributed by atoms with Crippen LogP contribution in [0.3, 0.4) is 0 Å². The Balaban J connectivity index is 2.43. The molecule has 6 nitrogen and oxygen atoms in total. The van der Waals surface area contributed by atoms with Gasteiger partial charge in [-0.15, -0.1) is 0 Å². The first-order valence-corrected chi connectivity index (χ1v) is 6.04. The van der Waals surface area contributed by atoms with Gasteiger partial charge in [0, 0.05) is 12.7 Å². The minimum absolute atomic E-state index is 0.379. The van der Waals surface area contributed by atoms with E-state index >= 15 is 0 Å². The lowest BCUT2D eigenvalue weighted by Crippen LogP contribution is -2.49. The first-order valence-electron chi connectivity index (χ1n) is 6.04. The average Bonchev–Trinajstić information content (AvgIpc) is 2.75. The predicted octanol–water partition coefficient (Wildman–Crippen LogP) is 1.11. The van der Waals surface area contributed by atoms with Crippen molar-refractivity contribution in [3.05, 3.63) is 47.2 Å². The van der Waals surface area contributed by atoms with Crippen LogP contribution in [-0.2, 0) is 15.1 Å². The largest absolute Gasteiger partial charge is 0.479 e. The van der Waals surface area contributed by atoms with Gasteiger partial charge in [-0.2, -0.15) is 0 Å². The number of aliphatic carboxylic acids is 1. The molecule has 1 aliphatic rings. The van der Waals surface area contributed by atoms with Gasteiger partial charge in [0.15, 0.2) is 5.54 Å². The Morgan fingerprint density at radius 2 is 1.90 bits per heavy atom. The van der Waals surface area contributed by atoms with E-state index in [0.29, 0.717) is 11.1 Å². The van der Waals surface area contributed by atoms with Crippen LogP contribution < -0.4 is 5.43 Å². The first kappa shape index (κ1) is 14.1. The highest BCUT2D eigenvalue weighted by Gasteiger charge is 2.43. The molecule has 20 heavy (non-hydrogen) atoms. The fraction of sp³-hybridized carbons (Fsp3) is 0.286. The minimum Gasteiger partial charge on any atom is -0.479 e. The number of carbonyl (C=O) groups is 2. The molecule has 1 aromatic rings. The number of benzene rings is 1. The van der Waals surface area contributed by atoms with E-state index in [1.54, 1.807) is 42.4 Å². The van der Waals surface area contributed by atoms with Crippen LogP contribution in [-0.4, -0.2) is 36.2 Å². The third-order valence-electron chi connectivity index (χ3n) is 3.40. The van der Waals surface area contributed by atoms with Gasteiger partial charge in [0.05, 0.1) is 12.7 Å². The second-order valence-corrected chi connectivity index (χ2v) is 4.64. The lowest BCUT2D eigenvalue weighted by Gasteiger charge is -2.26. The van der Waals surface area contributed by atoms with Crippen molar-refractivity contribution in [2.45, 2.75) is 12.5 Å². The number of methoxy groups -OCH3 is 1. The summed E-state index contributed by atoms with van der Waals surface area (Å²) >= 11 is 0. The molecular formula is C14H16N2O4. The second-order valence-electron chi connectivity index (χ2n) is 4.64. The zero-order valence-corrected chi connectivity index (χ0v) is 11.5. The van der Waals surface area contributed by atoms with Crippen LogP contribution in [0.4, 0.5) is 0 Å². The smallest absolute Gasteiger partial charge is 0.337 e.